The van der Waals surface area contributed by atoms with Gasteiger partial charge in [-0.25, -0.2) is 13.2 Å². The van der Waals surface area contributed by atoms with Crippen molar-refractivity contribution in [3.05, 3.63) is 29.6 Å². The maximum absolute atomic E-state index is 12.6. The van der Waals surface area contributed by atoms with Crippen molar-refractivity contribution in [1.29, 1.82) is 0 Å². The normalized spacial score (nSPS) is 9.07. The first-order valence-electron chi connectivity index (χ1n) is 4.03. The Morgan fingerprint density at radius 3 is 1.64 bits per heavy atom. The average molecular weight is 206 g/mol. The zero-order valence-corrected chi connectivity index (χ0v) is 7.76. The van der Waals surface area contributed by atoms with Crippen LogP contribution in [0.2, 0.25) is 0 Å². The molecule has 0 aromatic heterocycles. The van der Waals surface area contributed by atoms with Crippen LogP contribution in [0.4, 0.5) is 13.2 Å². The lowest BCUT2D eigenvalue weighted by molar-refractivity contribution is 0.418. The van der Waals surface area contributed by atoms with Crippen LogP contribution in [0.15, 0.2) is 12.1 Å². The van der Waals surface area contributed by atoms with Crippen LogP contribution < -0.4 is 5.46 Å². The van der Waals surface area contributed by atoms with Crippen molar-refractivity contribution in [3.63, 3.8) is 0 Å². The number of rotatable bonds is 1. The number of hydrogen-bond donors (Lipinski definition) is 2. The molecular formula is C8H10BF3O2. The van der Waals surface area contributed by atoms with Crippen molar-refractivity contribution in [2.45, 2.75) is 13.8 Å². The summed E-state index contributed by atoms with van der Waals surface area (Å²) >= 11 is 0. The summed E-state index contributed by atoms with van der Waals surface area (Å²) in [6.45, 7) is 4.00. The van der Waals surface area contributed by atoms with E-state index in [-0.39, 0.29) is 0 Å². The van der Waals surface area contributed by atoms with Crippen molar-refractivity contribution >= 4 is 12.6 Å². The predicted octanol–water partition coefficient (Wildman–Crippen LogP) is 0.810. The molecule has 0 fully saturated rings. The Balaban J connectivity index is 0.000000791. The summed E-state index contributed by atoms with van der Waals surface area (Å²) in [5, 5.41) is 16.9. The Morgan fingerprint density at radius 1 is 1.00 bits per heavy atom. The van der Waals surface area contributed by atoms with Crippen molar-refractivity contribution in [2.24, 2.45) is 0 Å². The van der Waals surface area contributed by atoms with Crippen molar-refractivity contribution < 1.29 is 23.2 Å². The fourth-order valence-corrected chi connectivity index (χ4v) is 0.800. The van der Waals surface area contributed by atoms with Crippen LogP contribution in [0.1, 0.15) is 13.8 Å². The molecule has 0 unspecified atom stereocenters. The third-order valence-corrected chi connectivity index (χ3v) is 1.30. The molecule has 0 bridgehead atoms. The van der Waals surface area contributed by atoms with Gasteiger partial charge in [0.2, 0.25) is 0 Å². The molecule has 1 rings (SSSR count). The molecule has 1 aromatic carbocycles. The highest BCUT2D eigenvalue weighted by Crippen LogP contribution is 2.04. The molecule has 0 heterocycles. The quantitative estimate of drug-likeness (QED) is 0.667. The van der Waals surface area contributed by atoms with Crippen molar-refractivity contribution in [1.82, 2.24) is 0 Å². The fourth-order valence-electron chi connectivity index (χ4n) is 0.800. The van der Waals surface area contributed by atoms with Crippen molar-refractivity contribution in [3.8, 4) is 0 Å². The lowest BCUT2D eigenvalue weighted by Crippen LogP contribution is -2.35. The highest BCUT2D eigenvalue weighted by Gasteiger charge is 2.22. The molecule has 0 amide bonds. The first-order chi connectivity index (χ1) is 6.52. The van der Waals surface area contributed by atoms with Crippen LogP contribution in [0.25, 0.3) is 0 Å². The van der Waals surface area contributed by atoms with E-state index in [1.54, 1.807) is 0 Å². The molecular weight excluding hydrogens is 196 g/mol. The van der Waals surface area contributed by atoms with Gasteiger partial charge in [-0.1, -0.05) is 13.8 Å². The van der Waals surface area contributed by atoms with Crippen LogP contribution in [0.3, 0.4) is 0 Å². The molecule has 0 atom stereocenters. The van der Waals surface area contributed by atoms with Crippen LogP contribution in [-0.2, 0) is 0 Å². The molecule has 0 spiro atoms. The maximum Gasteiger partial charge on any atom is 0.494 e. The molecule has 0 aliphatic heterocycles. The summed E-state index contributed by atoms with van der Waals surface area (Å²) in [5.74, 6) is -3.74. The zero-order chi connectivity index (χ0) is 11.3. The molecule has 14 heavy (non-hydrogen) atoms. The minimum atomic E-state index is -2.27. The maximum atomic E-state index is 12.6. The summed E-state index contributed by atoms with van der Waals surface area (Å²) in [6.07, 6.45) is 0. The van der Waals surface area contributed by atoms with E-state index in [0.29, 0.717) is 12.1 Å². The zero-order valence-electron chi connectivity index (χ0n) is 7.76. The first kappa shape index (κ1) is 13.0. The number of halogens is 3. The minimum Gasteiger partial charge on any atom is -0.423 e. The second-order valence-corrected chi connectivity index (χ2v) is 2.16. The van der Waals surface area contributed by atoms with E-state index in [1.807, 2.05) is 13.8 Å². The molecule has 2 nitrogen and oxygen atoms in total. The van der Waals surface area contributed by atoms with Gasteiger partial charge in [0.05, 0.1) is 5.46 Å². The van der Waals surface area contributed by atoms with Crippen LogP contribution >= 0.6 is 0 Å². The van der Waals surface area contributed by atoms with E-state index in [2.05, 4.69) is 0 Å². The molecule has 6 heteroatoms. The lowest BCUT2D eigenvalue weighted by Gasteiger charge is -2.02. The van der Waals surface area contributed by atoms with Gasteiger partial charge in [-0.2, -0.15) is 0 Å². The highest BCUT2D eigenvalue weighted by atomic mass is 19.1. The van der Waals surface area contributed by atoms with E-state index in [1.165, 1.54) is 0 Å². The Morgan fingerprint density at radius 2 is 1.36 bits per heavy atom. The molecule has 0 radical (unpaired) electrons. The van der Waals surface area contributed by atoms with E-state index < -0.39 is 30.0 Å². The van der Waals surface area contributed by atoms with Gasteiger partial charge in [0.1, 0.15) is 17.5 Å². The van der Waals surface area contributed by atoms with Gasteiger partial charge < -0.3 is 10.0 Å². The van der Waals surface area contributed by atoms with Crippen LogP contribution in [0.5, 0.6) is 0 Å². The van der Waals surface area contributed by atoms with Gasteiger partial charge in [0, 0.05) is 12.1 Å². The van der Waals surface area contributed by atoms with Crippen LogP contribution in [0, 0.1) is 17.5 Å². The summed E-state index contributed by atoms with van der Waals surface area (Å²) in [6, 6.07) is 0.746. The standard InChI is InChI=1S/C6H4BF3O2.C2H6/c8-3-1-4(9)6(7(11)12)5(10)2-3;1-2/h1-2,11-12H;1-2H3. The number of hydrogen-bond acceptors (Lipinski definition) is 2. The topological polar surface area (TPSA) is 40.5 Å². The number of benzene rings is 1. The second kappa shape index (κ2) is 5.67. The fraction of sp³-hybridized carbons (Fsp3) is 0.250. The summed E-state index contributed by atoms with van der Waals surface area (Å²) in [4.78, 5) is 0. The molecule has 78 valence electrons. The summed E-state index contributed by atoms with van der Waals surface area (Å²) in [7, 11) is -2.27. The smallest absolute Gasteiger partial charge is 0.423 e. The molecule has 0 saturated carbocycles. The monoisotopic (exact) mass is 206 g/mol. The SMILES string of the molecule is CC.OB(O)c1c(F)cc(F)cc1F. The first-order valence-corrected chi connectivity index (χ1v) is 4.03. The second-order valence-electron chi connectivity index (χ2n) is 2.16. The Hall–Kier alpha value is -1.01. The Labute approximate surface area is 80.1 Å². The summed E-state index contributed by atoms with van der Waals surface area (Å²) in [5.41, 5.74) is -0.948. The third-order valence-electron chi connectivity index (χ3n) is 1.30. The molecule has 2 N–H and O–H groups in total. The van der Waals surface area contributed by atoms with E-state index in [4.69, 9.17) is 10.0 Å². The Bertz CT molecular complexity index is 282. The minimum absolute atomic E-state index is 0.373. The van der Waals surface area contributed by atoms with Gasteiger partial charge in [0.25, 0.3) is 0 Å². The molecule has 1 aromatic rings. The van der Waals surface area contributed by atoms with E-state index in [0.717, 1.165) is 0 Å². The van der Waals surface area contributed by atoms with Crippen molar-refractivity contribution in [2.75, 3.05) is 0 Å². The lowest BCUT2D eigenvalue weighted by atomic mass is 9.79. The van der Waals surface area contributed by atoms with E-state index in [9.17, 15) is 13.2 Å². The third kappa shape index (κ3) is 3.04. The van der Waals surface area contributed by atoms with Gasteiger partial charge >= 0.3 is 7.12 Å². The summed E-state index contributed by atoms with van der Waals surface area (Å²) < 4.78 is 37.4. The van der Waals surface area contributed by atoms with Gasteiger partial charge in [-0.15, -0.1) is 0 Å². The molecule has 0 aliphatic carbocycles. The van der Waals surface area contributed by atoms with Gasteiger partial charge in [0.15, 0.2) is 0 Å². The predicted molar refractivity (Wildman–Crippen MR) is 47.5 cm³/mol. The highest BCUT2D eigenvalue weighted by molar-refractivity contribution is 6.58. The molecule has 0 saturated heterocycles. The Kier molecular flexibility index (Phi) is 5.26. The van der Waals surface area contributed by atoms with Gasteiger partial charge in [-0.05, 0) is 0 Å². The largest absolute Gasteiger partial charge is 0.494 e. The average Bonchev–Trinajstić information content (AvgIpc) is 2.04. The molecule has 0 aliphatic rings. The van der Waals surface area contributed by atoms with Gasteiger partial charge in [-0.3, -0.25) is 0 Å². The van der Waals surface area contributed by atoms with E-state index >= 15 is 0 Å². The van der Waals surface area contributed by atoms with Crippen LogP contribution in [-0.4, -0.2) is 17.2 Å².